The van der Waals surface area contributed by atoms with Crippen LogP contribution in [0.2, 0.25) is 0 Å². The maximum absolute atomic E-state index is 4.98. The second kappa shape index (κ2) is 6.22. The standard InChI is InChI=1S/C23H36N4/c1-15-11-12-16(21-24-14-20(26(15)21)23(5,6)7)18-9-8-10-19-17(22(2,3)4)13-25-27(18)19/h13-16,18H,8-12H2,1-7H3. The van der Waals surface area contributed by atoms with Gasteiger partial charge in [-0.2, -0.15) is 5.10 Å². The first-order chi connectivity index (χ1) is 12.6. The van der Waals surface area contributed by atoms with Crippen LogP contribution in [-0.4, -0.2) is 19.3 Å². The van der Waals surface area contributed by atoms with E-state index in [4.69, 9.17) is 10.1 Å². The van der Waals surface area contributed by atoms with E-state index in [9.17, 15) is 0 Å². The topological polar surface area (TPSA) is 35.6 Å². The van der Waals surface area contributed by atoms with E-state index < -0.39 is 0 Å². The van der Waals surface area contributed by atoms with Gasteiger partial charge in [-0.3, -0.25) is 4.68 Å². The van der Waals surface area contributed by atoms with Crippen LogP contribution in [0.15, 0.2) is 12.4 Å². The van der Waals surface area contributed by atoms with Gasteiger partial charge in [0.15, 0.2) is 0 Å². The summed E-state index contributed by atoms with van der Waals surface area (Å²) < 4.78 is 4.93. The summed E-state index contributed by atoms with van der Waals surface area (Å²) in [6.07, 6.45) is 10.4. The summed E-state index contributed by atoms with van der Waals surface area (Å²) in [6.45, 7) is 16.2. The number of fused-ring (bicyclic) bond motifs is 2. The van der Waals surface area contributed by atoms with E-state index in [0.717, 1.165) is 6.42 Å². The van der Waals surface area contributed by atoms with E-state index in [1.54, 1.807) is 0 Å². The molecule has 0 amide bonds. The molecule has 3 unspecified atom stereocenters. The van der Waals surface area contributed by atoms with Crippen molar-refractivity contribution in [3.63, 3.8) is 0 Å². The van der Waals surface area contributed by atoms with Crippen molar-refractivity contribution < 1.29 is 0 Å². The molecule has 4 heterocycles. The maximum atomic E-state index is 4.98. The van der Waals surface area contributed by atoms with Crippen molar-refractivity contribution in [1.82, 2.24) is 19.3 Å². The Labute approximate surface area is 164 Å². The molecule has 4 rings (SSSR count). The smallest absolute Gasteiger partial charge is 0.114 e. The molecule has 0 saturated heterocycles. The molecule has 2 aromatic rings. The highest BCUT2D eigenvalue weighted by molar-refractivity contribution is 5.29. The first-order valence-corrected chi connectivity index (χ1v) is 10.7. The van der Waals surface area contributed by atoms with Crippen molar-refractivity contribution in [1.29, 1.82) is 0 Å². The van der Waals surface area contributed by atoms with Crippen LogP contribution in [0.25, 0.3) is 0 Å². The number of aromatic nitrogens is 4. The fourth-order valence-corrected chi connectivity index (χ4v) is 5.23. The zero-order chi connectivity index (χ0) is 19.6. The van der Waals surface area contributed by atoms with Crippen molar-refractivity contribution in [3.05, 3.63) is 35.2 Å². The first-order valence-electron chi connectivity index (χ1n) is 10.7. The minimum Gasteiger partial charge on any atom is -0.328 e. The molecule has 0 aliphatic carbocycles. The monoisotopic (exact) mass is 368 g/mol. The summed E-state index contributed by atoms with van der Waals surface area (Å²) in [7, 11) is 0. The Kier molecular flexibility index (Phi) is 4.32. The molecule has 4 heteroatoms. The molecule has 0 aromatic carbocycles. The third-order valence-corrected chi connectivity index (χ3v) is 6.66. The number of hydrogen-bond acceptors (Lipinski definition) is 2. The lowest BCUT2D eigenvalue weighted by Gasteiger charge is -2.38. The molecule has 2 aliphatic rings. The zero-order valence-electron chi connectivity index (χ0n) is 18.2. The van der Waals surface area contributed by atoms with E-state index in [0.29, 0.717) is 18.0 Å². The van der Waals surface area contributed by atoms with Crippen LogP contribution in [0.1, 0.15) is 115 Å². The van der Waals surface area contributed by atoms with E-state index in [-0.39, 0.29) is 10.8 Å². The second-order valence-corrected chi connectivity index (χ2v) is 10.8. The van der Waals surface area contributed by atoms with E-state index in [1.165, 1.54) is 48.5 Å². The van der Waals surface area contributed by atoms with Crippen LogP contribution in [0.5, 0.6) is 0 Å². The van der Waals surface area contributed by atoms with Gasteiger partial charge in [-0.15, -0.1) is 0 Å². The average Bonchev–Trinajstić information content (AvgIpc) is 3.19. The Hall–Kier alpha value is -1.58. The van der Waals surface area contributed by atoms with Gasteiger partial charge in [0.2, 0.25) is 0 Å². The first kappa shape index (κ1) is 18.8. The molecule has 0 N–H and O–H groups in total. The third-order valence-electron chi connectivity index (χ3n) is 6.66. The Morgan fingerprint density at radius 3 is 2.37 bits per heavy atom. The van der Waals surface area contributed by atoms with Gasteiger partial charge >= 0.3 is 0 Å². The predicted molar refractivity (Wildman–Crippen MR) is 111 cm³/mol. The SMILES string of the molecule is CC1CCC(C2CCCc3c(C(C)(C)C)cnn32)c2ncc(C(C)(C)C)n21. The summed E-state index contributed by atoms with van der Waals surface area (Å²) in [5.41, 5.74) is 4.56. The molecule has 0 bridgehead atoms. The van der Waals surface area contributed by atoms with Gasteiger partial charge in [-0.25, -0.2) is 4.98 Å². The fourth-order valence-electron chi connectivity index (χ4n) is 5.23. The molecule has 4 nitrogen and oxygen atoms in total. The highest BCUT2D eigenvalue weighted by Gasteiger charge is 2.39. The Bertz CT molecular complexity index is 828. The van der Waals surface area contributed by atoms with Crippen LogP contribution >= 0.6 is 0 Å². The van der Waals surface area contributed by atoms with Crippen molar-refractivity contribution in [2.24, 2.45) is 0 Å². The lowest BCUT2D eigenvalue weighted by Crippen LogP contribution is -2.32. The summed E-state index contributed by atoms with van der Waals surface area (Å²) >= 11 is 0. The fraction of sp³-hybridized carbons (Fsp3) is 0.739. The minimum absolute atomic E-state index is 0.129. The Balaban J connectivity index is 1.77. The predicted octanol–water partition coefficient (Wildman–Crippen LogP) is 5.69. The largest absolute Gasteiger partial charge is 0.328 e. The second-order valence-electron chi connectivity index (χ2n) is 10.8. The molecule has 0 saturated carbocycles. The highest BCUT2D eigenvalue weighted by atomic mass is 15.3. The number of nitrogens with zero attached hydrogens (tertiary/aromatic N) is 4. The van der Waals surface area contributed by atoms with Crippen molar-refractivity contribution in [3.8, 4) is 0 Å². The molecule has 0 fully saturated rings. The van der Waals surface area contributed by atoms with Crippen LogP contribution < -0.4 is 0 Å². The van der Waals surface area contributed by atoms with Gasteiger partial charge in [-0.05, 0) is 50.0 Å². The molecule has 2 aromatic heterocycles. The molecule has 2 aliphatic heterocycles. The molecule has 148 valence electrons. The summed E-state index contributed by atoms with van der Waals surface area (Å²) in [5, 5.41) is 4.91. The van der Waals surface area contributed by atoms with Crippen LogP contribution in [-0.2, 0) is 17.3 Å². The van der Waals surface area contributed by atoms with E-state index >= 15 is 0 Å². The van der Waals surface area contributed by atoms with E-state index in [2.05, 4.69) is 70.1 Å². The average molecular weight is 369 g/mol. The van der Waals surface area contributed by atoms with Gasteiger partial charge in [0, 0.05) is 35.0 Å². The highest BCUT2D eigenvalue weighted by Crippen LogP contribution is 2.46. The maximum Gasteiger partial charge on any atom is 0.114 e. The van der Waals surface area contributed by atoms with Gasteiger partial charge < -0.3 is 4.57 Å². The number of rotatable bonds is 1. The normalized spacial score (nSPS) is 26.0. The zero-order valence-corrected chi connectivity index (χ0v) is 18.2. The van der Waals surface area contributed by atoms with Crippen molar-refractivity contribution in [2.75, 3.05) is 0 Å². The third kappa shape index (κ3) is 3.05. The number of hydrogen-bond donors (Lipinski definition) is 0. The van der Waals surface area contributed by atoms with E-state index in [1.807, 2.05) is 0 Å². The van der Waals surface area contributed by atoms with Crippen LogP contribution in [0.4, 0.5) is 0 Å². The molecule has 27 heavy (non-hydrogen) atoms. The van der Waals surface area contributed by atoms with Gasteiger partial charge in [0.1, 0.15) is 5.82 Å². The molecule has 0 radical (unpaired) electrons. The molecule has 0 spiro atoms. The molecular formula is C23H36N4. The van der Waals surface area contributed by atoms with Crippen LogP contribution in [0, 0.1) is 0 Å². The summed E-state index contributed by atoms with van der Waals surface area (Å²) in [6, 6.07) is 0.991. The van der Waals surface area contributed by atoms with Crippen molar-refractivity contribution >= 4 is 0 Å². The molecule has 3 atom stereocenters. The lowest BCUT2D eigenvalue weighted by atomic mass is 9.81. The Morgan fingerprint density at radius 1 is 0.963 bits per heavy atom. The quantitative estimate of drug-likeness (QED) is 0.648. The summed E-state index contributed by atoms with van der Waals surface area (Å²) in [5.74, 6) is 1.77. The van der Waals surface area contributed by atoms with Gasteiger partial charge in [0.05, 0.1) is 12.2 Å². The summed E-state index contributed by atoms with van der Waals surface area (Å²) in [4.78, 5) is 4.98. The van der Waals surface area contributed by atoms with Crippen molar-refractivity contribution in [2.45, 2.75) is 109 Å². The van der Waals surface area contributed by atoms with Gasteiger partial charge in [0.25, 0.3) is 0 Å². The lowest BCUT2D eigenvalue weighted by molar-refractivity contribution is 0.244. The number of imidazole rings is 1. The Morgan fingerprint density at radius 2 is 1.70 bits per heavy atom. The van der Waals surface area contributed by atoms with Gasteiger partial charge in [-0.1, -0.05) is 41.5 Å². The minimum atomic E-state index is 0.129. The molecular weight excluding hydrogens is 332 g/mol. The van der Waals surface area contributed by atoms with Crippen LogP contribution in [0.3, 0.4) is 0 Å².